The number of hydrogen-bond donors (Lipinski definition) is 1. The average molecular weight is 211 g/mol. The Balaban J connectivity index is 2.07. The van der Waals surface area contributed by atoms with Gasteiger partial charge in [0.1, 0.15) is 0 Å². The summed E-state index contributed by atoms with van der Waals surface area (Å²) in [7, 11) is 1.93. The van der Waals surface area contributed by atoms with E-state index in [0.29, 0.717) is 25.1 Å². The zero-order valence-corrected chi connectivity index (χ0v) is 9.19. The van der Waals surface area contributed by atoms with Crippen molar-refractivity contribution in [2.24, 2.45) is 0 Å². The molecule has 0 aliphatic carbocycles. The molecule has 0 saturated carbocycles. The summed E-state index contributed by atoms with van der Waals surface area (Å²) in [5.74, 6) is 1.71. The Morgan fingerprint density at radius 2 is 2.33 bits per heavy atom. The molecule has 84 valence electrons. The molecular formula is C10H17N3O2. The van der Waals surface area contributed by atoms with E-state index in [1.165, 1.54) is 0 Å². The van der Waals surface area contributed by atoms with Crippen LogP contribution in [0.4, 0.5) is 0 Å². The summed E-state index contributed by atoms with van der Waals surface area (Å²) in [4.78, 5) is 4.38. The summed E-state index contributed by atoms with van der Waals surface area (Å²) in [6.45, 7) is 3.48. The van der Waals surface area contributed by atoms with Crippen molar-refractivity contribution in [2.45, 2.75) is 31.7 Å². The zero-order chi connectivity index (χ0) is 10.7. The van der Waals surface area contributed by atoms with Gasteiger partial charge in [-0.15, -0.1) is 0 Å². The van der Waals surface area contributed by atoms with Crippen molar-refractivity contribution in [1.29, 1.82) is 0 Å². The predicted molar refractivity (Wildman–Crippen MR) is 54.7 cm³/mol. The summed E-state index contributed by atoms with van der Waals surface area (Å²) < 4.78 is 10.6. The minimum atomic E-state index is 0.202. The van der Waals surface area contributed by atoms with Crippen LogP contribution in [0.2, 0.25) is 0 Å². The molecule has 0 amide bonds. The maximum atomic E-state index is 5.39. The van der Waals surface area contributed by atoms with Crippen LogP contribution in [0, 0.1) is 0 Å². The van der Waals surface area contributed by atoms with Gasteiger partial charge in [-0.05, 0) is 13.5 Å². The SMILES string of the molecule is CCCc1noc(C2COCC2NC)n1. The fourth-order valence-corrected chi connectivity index (χ4v) is 1.83. The highest BCUT2D eigenvalue weighted by Crippen LogP contribution is 2.24. The van der Waals surface area contributed by atoms with Gasteiger partial charge >= 0.3 is 0 Å². The molecule has 15 heavy (non-hydrogen) atoms. The zero-order valence-electron chi connectivity index (χ0n) is 9.19. The lowest BCUT2D eigenvalue weighted by atomic mass is 10.0. The molecule has 5 heteroatoms. The van der Waals surface area contributed by atoms with Crippen LogP contribution in [0.5, 0.6) is 0 Å². The first kappa shape index (κ1) is 10.6. The molecule has 2 atom stereocenters. The normalized spacial score (nSPS) is 26.0. The lowest BCUT2D eigenvalue weighted by Gasteiger charge is -2.11. The molecule has 0 bridgehead atoms. The quantitative estimate of drug-likeness (QED) is 0.795. The van der Waals surface area contributed by atoms with Gasteiger partial charge in [0.05, 0.1) is 19.1 Å². The molecule has 1 fully saturated rings. The molecule has 1 aliphatic heterocycles. The van der Waals surface area contributed by atoms with Gasteiger partial charge in [0.15, 0.2) is 5.82 Å². The smallest absolute Gasteiger partial charge is 0.233 e. The van der Waals surface area contributed by atoms with E-state index in [4.69, 9.17) is 9.26 Å². The first-order valence-corrected chi connectivity index (χ1v) is 5.42. The van der Waals surface area contributed by atoms with Crippen LogP contribution < -0.4 is 5.32 Å². The van der Waals surface area contributed by atoms with E-state index in [2.05, 4.69) is 22.4 Å². The number of ether oxygens (including phenoxy) is 1. The summed E-state index contributed by atoms with van der Waals surface area (Å²) >= 11 is 0. The van der Waals surface area contributed by atoms with Gasteiger partial charge in [0.25, 0.3) is 0 Å². The molecule has 1 N–H and O–H groups in total. The molecule has 1 aromatic rings. The molecule has 2 unspecified atom stereocenters. The molecule has 2 rings (SSSR count). The van der Waals surface area contributed by atoms with Gasteiger partial charge in [0.2, 0.25) is 5.89 Å². The Kier molecular flexibility index (Phi) is 3.33. The van der Waals surface area contributed by atoms with Gasteiger partial charge in [-0.1, -0.05) is 12.1 Å². The van der Waals surface area contributed by atoms with Crippen LogP contribution in [0.1, 0.15) is 31.0 Å². The third-order valence-electron chi connectivity index (χ3n) is 2.73. The fraction of sp³-hybridized carbons (Fsp3) is 0.800. The third-order valence-corrected chi connectivity index (χ3v) is 2.73. The number of nitrogens with one attached hydrogen (secondary N) is 1. The number of rotatable bonds is 4. The van der Waals surface area contributed by atoms with Gasteiger partial charge in [-0.3, -0.25) is 0 Å². The Bertz CT molecular complexity index is 313. The summed E-state index contributed by atoms with van der Waals surface area (Å²) in [5, 5.41) is 7.15. The molecule has 1 aromatic heterocycles. The van der Waals surface area contributed by atoms with Gasteiger partial charge in [-0.25, -0.2) is 0 Å². The van der Waals surface area contributed by atoms with Crippen molar-refractivity contribution in [3.05, 3.63) is 11.7 Å². The van der Waals surface area contributed by atoms with Crippen LogP contribution in [0.15, 0.2) is 4.52 Å². The summed E-state index contributed by atoms with van der Waals surface area (Å²) in [5.41, 5.74) is 0. The third kappa shape index (κ3) is 2.18. The van der Waals surface area contributed by atoms with Crippen molar-refractivity contribution >= 4 is 0 Å². The highest BCUT2D eigenvalue weighted by Gasteiger charge is 2.32. The minimum absolute atomic E-state index is 0.202. The minimum Gasteiger partial charge on any atom is -0.379 e. The number of aryl methyl sites for hydroxylation is 1. The second-order valence-corrected chi connectivity index (χ2v) is 3.84. The van der Waals surface area contributed by atoms with Crippen molar-refractivity contribution < 1.29 is 9.26 Å². The van der Waals surface area contributed by atoms with E-state index in [0.717, 1.165) is 18.7 Å². The second kappa shape index (κ2) is 4.72. The largest absolute Gasteiger partial charge is 0.379 e. The van der Waals surface area contributed by atoms with Gasteiger partial charge in [0, 0.05) is 12.5 Å². The highest BCUT2D eigenvalue weighted by molar-refractivity contribution is 5.02. The van der Waals surface area contributed by atoms with E-state index in [1.807, 2.05) is 7.05 Å². The van der Waals surface area contributed by atoms with Crippen LogP contribution >= 0.6 is 0 Å². The molecule has 0 aromatic carbocycles. The summed E-state index contributed by atoms with van der Waals surface area (Å²) in [6.07, 6.45) is 1.91. The summed E-state index contributed by atoms with van der Waals surface area (Å²) in [6, 6.07) is 0.292. The molecule has 0 radical (unpaired) electrons. The Morgan fingerprint density at radius 1 is 1.47 bits per heavy atom. The van der Waals surface area contributed by atoms with E-state index in [1.54, 1.807) is 0 Å². The Labute approximate surface area is 89.2 Å². The van der Waals surface area contributed by atoms with E-state index < -0.39 is 0 Å². The lowest BCUT2D eigenvalue weighted by molar-refractivity contribution is 0.185. The molecule has 5 nitrogen and oxygen atoms in total. The van der Waals surface area contributed by atoms with Gasteiger partial charge < -0.3 is 14.6 Å². The number of nitrogens with zero attached hydrogens (tertiary/aromatic N) is 2. The number of likely N-dealkylation sites (N-methyl/N-ethyl adjacent to an activating group) is 1. The number of hydrogen-bond acceptors (Lipinski definition) is 5. The monoisotopic (exact) mass is 211 g/mol. The number of aromatic nitrogens is 2. The second-order valence-electron chi connectivity index (χ2n) is 3.84. The molecular weight excluding hydrogens is 194 g/mol. The van der Waals surface area contributed by atoms with E-state index in [-0.39, 0.29) is 5.92 Å². The van der Waals surface area contributed by atoms with Crippen LogP contribution in [-0.2, 0) is 11.2 Å². The Morgan fingerprint density at radius 3 is 3.07 bits per heavy atom. The molecule has 0 spiro atoms. The van der Waals surface area contributed by atoms with Crippen LogP contribution in [0.25, 0.3) is 0 Å². The average Bonchev–Trinajstić information content (AvgIpc) is 2.84. The van der Waals surface area contributed by atoms with Gasteiger partial charge in [-0.2, -0.15) is 4.98 Å². The Hall–Kier alpha value is -0.940. The molecule has 2 heterocycles. The standard InChI is InChI=1S/C10H17N3O2/c1-3-4-9-12-10(15-13-9)7-5-14-6-8(7)11-2/h7-8,11H,3-6H2,1-2H3. The van der Waals surface area contributed by atoms with Crippen molar-refractivity contribution in [2.75, 3.05) is 20.3 Å². The molecule has 1 saturated heterocycles. The first-order chi connectivity index (χ1) is 7.35. The molecule has 1 aliphatic rings. The topological polar surface area (TPSA) is 60.2 Å². The van der Waals surface area contributed by atoms with E-state index >= 15 is 0 Å². The van der Waals surface area contributed by atoms with Crippen molar-refractivity contribution in [3.8, 4) is 0 Å². The first-order valence-electron chi connectivity index (χ1n) is 5.42. The predicted octanol–water partition coefficient (Wildman–Crippen LogP) is 0.724. The van der Waals surface area contributed by atoms with E-state index in [9.17, 15) is 0 Å². The van der Waals surface area contributed by atoms with Crippen molar-refractivity contribution in [1.82, 2.24) is 15.5 Å². The maximum Gasteiger partial charge on any atom is 0.233 e. The fourth-order valence-electron chi connectivity index (χ4n) is 1.83. The lowest BCUT2D eigenvalue weighted by Crippen LogP contribution is -2.31. The highest BCUT2D eigenvalue weighted by atomic mass is 16.5. The van der Waals surface area contributed by atoms with Crippen molar-refractivity contribution in [3.63, 3.8) is 0 Å². The van der Waals surface area contributed by atoms with Crippen LogP contribution in [-0.4, -0.2) is 36.4 Å². The van der Waals surface area contributed by atoms with Crippen LogP contribution in [0.3, 0.4) is 0 Å². The maximum absolute atomic E-state index is 5.39.